The number of unbranched alkanes of at least 4 members (excludes halogenated alkanes) is 1. The third-order valence-corrected chi connectivity index (χ3v) is 5.23. The van der Waals surface area contributed by atoms with Crippen LogP contribution in [0.15, 0.2) is 72.8 Å². The van der Waals surface area contributed by atoms with Gasteiger partial charge in [0.1, 0.15) is 5.75 Å². The molecule has 1 atom stereocenters. The van der Waals surface area contributed by atoms with E-state index in [1.165, 1.54) is 0 Å². The molecule has 156 valence electrons. The van der Waals surface area contributed by atoms with Gasteiger partial charge in [-0.25, -0.2) is 4.79 Å². The number of carbonyl (C=O) groups excluding carboxylic acids is 1. The third-order valence-electron chi connectivity index (χ3n) is 5.23. The number of aryl methyl sites for hydroxylation is 1. The average molecular weight is 403 g/mol. The van der Waals surface area contributed by atoms with Gasteiger partial charge in [0.2, 0.25) is 0 Å². The summed E-state index contributed by atoms with van der Waals surface area (Å²) < 4.78 is 11.3. The number of hydrogen-bond donors (Lipinski definition) is 0. The lowest BCUT2D eigenvalue weighted by molar-refractivity contribution is 0.0732. The Morgan fingerprint density at radius 3 is 2.13 bits per heavy atom. The molecule has 0 saturated carbocycles. The molecule has 0 radical (unpaired) electrons. The van der Waals surface area contributed by atoms with Gasteiger partial charge in [0, 0.05) is 6.61 Å². The Morgan fingerprint density at radius 2 is 1.50 bits per heavy atom. The van der Waals surface area contributed by atoms with Crippen LogP contribution in [0, 0.1) is 0 Å². The number of para-hydroxylation sites is 1. The molecule has 0 aliphatic rings. The van der Waals surface area contributed by atoms with Crippen LogP contribution in [-0.2, 0) is 11.2 Å². The zero-order chi connectivity index (χ0) is 21.3. The molecule has 0 fully saturated rings. The maximum atomic E-state index is 12.6. The van der Waals surface area contributed by atoms with E-state index < -0.39 is 0 Å². The predicted molar refractivity (Wildman–Crippen MR) is 122 cm³/mol. The molecule has 3 nitrogen and oxygen atoms in total. The van der Waals surface area contributed by atoms with E-state index in [0.717, 1.165) is 41.5 Å². The fourth-order valence-corrected chi connectivity index (χ4v) is 3.43. The summed E-state index contributed by atoms with van der Waals surface area (Å²) in [4.78, 5) is 12.6. The minimum atomic E-state index is -0.327. The van der Waals surface area contributed by atoms with E-state index in [2.05, 4.69) is 38.1 Å². The maximum absolute atomic E-state index is 12.6. The lowest BCUT2D eigenvalue weighted by Crippen LogP contribution is -2.09. The van der Waals surface area contributed by atoms with E-state index in [4.69, 9.17) is 9.47 Å². The van der Waals surface area contributed by atoms with Gasteiger partial charge >= 0.3 is 5.97 Å². The van der Waals surface area contributed by atoms with Gasteiger partial charge in [0.15, 0.2) is 0 Å². The van der Waals surface area contributed by atoms with Crippen LogP contribution in [0.1, 0.15) is 61.2 Å². The number of carbonyl (C=O) groups is 1. The molecule has 0 saturated heterocycles. The molecule has 3 heteroatoms. The van der Waals surface area contributed by atoms with Crippen molar-refractivity contribution in [3.05, 3.63) is 89.5 Å². The van der Waals surface area contributed by atoms with Gasteiger partial charge < -0.3 is 9.47 Å². The Bertz CT molecular complexity index is 943. The Labute approximate surface area is 179 Å². The van der Waals surface area contributed by atoms with E-state index in [9.17, 15) is 4.79 Å². The van der Waals surface area contributed by atoms with Crippen LogP contribution in [0.3, 0.4) is 0 Å². The molecule has 0 bridgehead atoms. The first-order valence-electron chi connectivity index (χ1n) is 10.7. The molecular formula is C27H30O3. The SMILES string of the molecule is CCCCc1ccccc1OC(=O)c1ccc(-c2ccc(C(C)OCC)cc2)cc1. The van der Waals surface area contributed by atoms with E-state index >= 15 is 0 Å². The lowest BCUT2D eigenvalue weighted by Gasteiger charge is -2.13. The monoisotopic (exact) mass is 402 g/mol. The van der Waals surface area contributed by atoms with Crippen molar-refractivity contribution in [3.63, 3.8) is 0 Å². The summed E-state index contributed by atoms with van der Waals surface area (Å²) >= 11 is 0. The van der Waals surface area contributed by atoms with E-state index in [1.54, 1.807) is 0 Å². The van der Waals surface area contributed by atoms with Crippen LogP contribution in [0.2, 0.25) is 0 Å². The second-order valence-electron chi connectivity index (χ2n) is 7.40. The third kappa shape index (κ3) is 5.58. The van der Waals surface area contributed by atoms with Crippen LogP contribution in [0.5, 0.6) is 5.75 Å². The van der Waals surface area contributed by atoms with Gasteiger partial charge in [-0.1, -0.05) is 67.9 Å². The fraction of sp³-hybridized carbons (Fsp3) is 0.296. The van der Waals surface area contributed by atoms with Crippen LogP contribution in [-0.4, -0.2) is 12.6 Å². The first kappa shape index (κ1) is 21.8. The summed E-state index contributed by atoms with van der Waals surface area (Å²) in [5.74, 6) is 0.324. The molecule has 0 N–H and O–H groups in total. The van der Waals surface area contributed by atoms with E-state index in [0.29, 0.717) is 17.9 Å². The van der Waals surface area contributed by atoms with Crippen molar-refractivity contribution in [2.24, 2.45) is 0 Å². The van der Waals surface area contributed by atoms with Crippen molar-refractivity contribution in [1.82, 2.24) is 0 Å². The summed E-state index contributed by atoms with van der Waals surface area (Å²) in [6.07, 6.45) is 3.18. The molecule has 0 spiro atoms. The summed E-state index contributed by atoms with van der Waals surface area (Å²) in [6, 6.07) is 23.7. The van der Waals surface area contributed by atoms with Crippen LogP contribution < -0.4 is 4.74 Å². The van der Waals surface area contributed by atoms with Gasteiger partial charge in [-0.15, -0.1) is 0 Å². The van der Waals surface area contributed by atoms with E-state index in [-0.39, 0.29) is 12.1 Å². The summed E-state index contributed by atoms with van der Waals surface area (Å²) in [5.41, 5.74) is 4.94. The largest absolute Gasteiger partial charge is 0.423 e. The van der Waals surface area contributed by atoms with Gasteiger partial charge in [-0.3, -0.25) is 0 Å². The molecule has 3 aromatic carbocycles. The zero-order valence-corrected chi connectivity index (χ0v) is 18.1. The smallest absolute Gasteiger partial charge is 0.343 e. The molecule has 0 amide bonds. The molecule has 30 heavy (non-hydrogen) atoms. The van der Waals surface area contributed by atoms with Gasteiger partial charge in [0.05, 0.1) is 11.7 Å². The molecule has 1 unspecified atom stereocenters. The number of rotatable bonds is 9. The lowest BCUT2D eigenvalue weighted by atomic mass is 10.0. The van der Waals surface area contributed by atoms with Crippen molar-refractivity contribution in [2.45, 2.75) is 46.1 Å². The fourth-order valence-electron chi connectivity index (χ4n) is 3.43. The summed E-state index contributed by atoms with van der Waals surface area (Å²) in [6.45, 7) is 6.91. The number of ether oxygens (including phenoxy) is 2. The topological polar surface area (TPSA) is 35.5 Å². The molecular weight excluding hydrogens is 372 g/mol. The van der Waals surface area contributed by atoms with Crippen molar-refractivity contribution in [2.75, 3.05) is 6.61 Å². The average Bonchev–Trinajstić information content (AvgIpc) is 2.79. The van der Waals surface area contributed by atoms with Crippen molar-refractivity contribution >= 4 is 5.97 Å². The standard InChI is InChI=1S/C27H30O3/c1-4-6-9-24-10-7-8-11-26(24)30-27(28)25-18-16-23(17-19-25)22-14-12-21(13-15-22)20(3)29-5-2/h7-8,10-20H,4-6,9H2,1-3H3. The quantitative estimate of drug-likeness (QED) is 0.285. The summed E-state index contributed by atoms with van der Waals surface area (Å²) in [7, 11) is 0. The van der Waals surface area contributed by atoms with E-state index in [1.807, 2.05) is 55.5 Å². The van der Waals surface area contributed by atoms with Crippen molar-refractivity contribution < 1.29 is 14.3 Å². The highest BCUT2D eigenvalue weighted by Crippen LogP contribution is 2.25. The molecule has 3 aromatic rings. The maximum Gasteiger partial charge on any atom is 0.343 e. The number of esters is 1. The molecule has 0 heterocycles. The minimum absolute atomic E-state index is 0.0846. The van der Waals surface area contributed by atoms with Crippen LogP contribution in [0.4, 0.5) is 0 Å². The Balaban J connectivity index is 1.69. The Kier molecular flexibility index (Phi) is 7.81. The normalized spacial score (nSPS) is 11.8. The van der Waals surface area contributed by atoms with Crippen molar-refractivity contribution in [1.29, 1.82) is 0 Å². The van der Waals surface area contributed by atoms with Crippen LogP contribution in [0.25, 0.3) is 11.1 Å². The second-order valence-corrected chi connectivity index (χ2v) is 7.40. The first-order valence-corrected chi connectivity index (χ1v) is 10.7. The van der Waals surface area contributed by atoms with Gasteiger partial charge in [0.25, 0.3) is 0 Å². The molecule has 0 aromatic heterocycles. The molecule has 3 rings (SSSR count). The first-order chi connectivity index (χ1) is 14.6. The Hall–Kier alpha value is -2.91. The Morgan fingerprint density at radius 1 is 0.867 bits per heavy atom. The van der Waals surface area contributed by atoms with Crippen LogP contribution >= 0.6 is 0 Å². The molecule has 0 aliphatic carbocycles. The molecule has 0 aliphatic heterocycles. The number of hydrogen-bond acceptors (Lipinski definition) is 3. The zero-order valence-electron chi connectivity index (χ0n) is 18.1. The highest BCUT2D eigenvalue weighted by atomic mass is 16.5. The van der Waals surface area contributed by atoms with Crippen molar-refractivity contribution in [3.8, 4) is 16.9 Å². The predicted octanol–water partition coefficient (Wildman–Crippen LogP) is 7.01. The second kappa shape index (κ2) is 10.7. The highest BCUT2D eigenvalue weighted by molar-refractivity contribution is 5.91. The number of benzene rings is 3. The minimum Gasteiger partial charge on any atom is -0.423 e. The highest BCUT2D eigenvalue weighted by Gasteiger charge is 2.12. The van der Waals surface area contributed by atoms with Gasteiger partial charge in [-0.2, -0.15) is 0 Å². The summed E-state index contributed by atoms with van der Waals surface area (Å²) in [5, 5.41) is 0. The van der Waals surface area contributed by atoms with Gasteiger partial charge in [-0.05, 0) is 67.1 Å².